The Labute approximate surface area is 176 Å². The van der Waals surface area contributed by atoms with Crippen molar-refractivity contribution in [1.82, 2.24) is 4.57 Å². The minimum atomic E-state index is -4.02. The van der Waals surface area contributed by atoms with E-state index in [1.807, 2.05) is 6.92 Å². The third kappa shape index (κ3) is 4.58. The number of sulfonamides is 1. The van der Waals surface area contributed by atoms with Crippen LogP contribution in [0.2, 0.25) is 10.0 Å². The van der Waals surface area contributed by atoms with Crippen molar-refractivity contribution in [2.75, 3.05) is 11.3 Å². The second kappa shape index (κ2) is 8.48. The number of halogens is 2. The van der Waals surface area contributed by atoms with Gasteiger partial charge in [0.15, 0.2) is 5.58 Å². The first-order valence-electron chi connectivity index (χ1n) is 8.53. The van der Waals surface area contributed by atoms with E-state index in [1.54, 1.807) is 0 Å². The monoisotopic (exact) mass is 458 g/mol. The largest absolute Gasteiger partial charge is 0.449 e. The number of carbonyl (C=O) groups is 1. The van der Waals surface area contributed by atoms with Crippen molar-refractivity contribution in [3.05, 3.63) is 57.0 Å². The molecule has 0 aliphatic carbocycles. The number of oxazole rings is 1. The minimum absolute atomic E-state index is 0.0699. The lowest BCUT2D eigenvalue weighted by atomic mass is 10.3. The fourth-order valence-corrected chi connectivity index (χ4v) is 3.84. The predicted molar refractivity (Wildman–Crippen MR) is 109 cm³/mol. The summed E-state index contributed by atoms with van der Waals surface area (Å²) in [5, 5.41) is 0.469. The van der Waals surface area contributed by atoms with Gasteiger partial charge in [-0.1, -0.05) is 36.5 Å². The van der Waals surface area contributed by atoms with Crippen molar-refractivity contribution in [2.24, 2.45) is 0 Å². The SMILES string of the molecule is CCCCOC(=O)n1c(=O)oc2cc(S(=O)(=O)Nc3ccc(Cl)c(Cl)c3)ccc21. The molecule has 11 heteroatoms. The van der Waals surface area contributed by atoms with Crippen LogP contribution in [-0.4, -0.2) is 25.7 Å². The summed E-state index contributed by atoms with van der Waals surface area (Å²) < 4.78 is 38.4. The van der Waals surface area contributed by atoms with Crippen LogP contribution in [-0.2, 0) is 14.8 Å². The summed E-state index contributed by atoms with van der Waals surface area (Å²) in [6.45, 7) is 2.09. The maximum atomic E-state index is 12.6. The van der Waals surface area contributed by atoms with Gasteiger partial charge in [0.1, 0.15) is 5.52 Å². The molecule has 0 fully saturated rings. The fraction of sp³-hybridized carbons (Fsp3) is 0.222. The number of nitrogens with one attached hydrogen (secondary N) is 1. The fourth-order valence-electron chi connectivity index (χ4n) is 2.48. The van der Waals surface area contributed by atoms with Crippen LogP contribution in [0.25, 0.3) is 11.1 Å². The summed E-state index contributed by atoms with van der Waals surface area (Å²) in [5.41, 5.74) is 0.238. The quantitative estimate of drug-likeness (QED) is 0.545. The van der Waals surface area contributed by atoms with Crippen molar-refractivity contribution in [3.63, 3.8) is 0 Å². The number of aromatic nitrogens is 1. The molecular weight excluding hydrogens is 443 g/mol. The molecule has 0 bridgehead atoms. The van der Waals surface area contributed by atoms with Crippen molar-refractivity contribution in [3.8, 4) is 0 Å². The molecular formula is C18H16Cl2N2O6S. The first kappa shape index (κ1) is 21.2. The van der Waals surface area contributed by atoms with E-state index in [2.05, 4.69) is 4.72 Å². The zero-order valence-electron chi connectivity index (χ0n) is 15.1. The molecule has 0 aliphatic heterocycles. The van der Waals surface area contributed by atoms with Gasteiger partial charge in [-0.05, 0) is 36.8 Å². The van der Waals surface area contributed by atoms with Crippen molar-refractivity contribution in [2.45, 2.75) is 24.7 Å². The number of unbranched alkanes of at least 4 members (excludes halogenated alkanes) is 1. The van der Waals surface area contributed by atoms with Crippen LogP contribution < -0.4 is 10.5 Å². The number of nitrogens with zero attached hydrogens (tertiary/aromatic N) is 1. The molecule has 0 spiro atoms. The zero-order valence-corrected chi connectivity index (χ0v) is 17.5. The summed E-state index contributed by atoms with van der Waals surface area (Å²) in [6.07, 6.45) is 0.590. The molecule has 8 nitrogen and oxygen atoms in total. The number of benzene rings is 2. The van der Waals surface area contributed by atoms with Crippen LogP contribution in [0.1, 0.15) is 19.8 Å². The van der Waals surface area contributed by atoms with Crippen LogP contribution in [0.4, 0.5) is 10.5 Å². The molecule has 3 rings (SSSR count). The summed E-state index contributed by atoms with van der Waals surface area (Å²) in [4.78, 5) is 24.0. The van der Waals surface area contributed by atoms with Gasteiger partial charge in [-0.2, -0.15) is 4.57 Å². The molecule has 1 aromatic heterocycles. The van der Waals surface area contributed by atoms with E-state index in [4.69, 9.17) is 32.4 Å². The second-order valence-electron chi connectivity index (χ2n) is 6.04. The number of carbonyl (C=O) groups excluding carboxylic acids is 1. The number of ether oxygens (including phenoxy) is 1. The number of hydrogen-bond acceptors (Lipinski definition) is 6. The first-order valence-corrected chi connectivity index (χ1v) is 10.8. The number of anilines is 1. The molecule has 0 saturated carbocycles. The van der Waals surface area contributed by atoms with E-state index < -0.39 is 21.9 Å². The van der Waals surface area contributed by atoms with Gasteiger partial charge in [-0.15, -0.1) is 0 Å². The smallest absolute Gasteiger partial charge is 0.429 e. The van der Waals surface area contributed by atoms with E-state index >= 15 is 0 Å². The maximum absolute atomic E-state index is 12.6. The molecule has 0 saturated heterocycles. The van der Waals surface area contributed by atoms with Gasteiger partial charge >= 0.3 is 11.8 Å². The van der Waals surface area contributed by atoms with Crippen LogP contribution in [0.5, 0.6) is 0 Å². The number of hydrogen-bond donors (Lipinski definition) is 1. The highest BCUT2D eigenvalue weighted by molar-refractivity contribution is 7.92. The third-order valence-electron chi connectivity index (χ3n) is 3.94. The summed E-state index contributed by atoms with van der Waals surface area (Å²) in [7, 11) is -4.02. The average Bonchev–Trinajstić information content (AvgIpc) is 2.99. The van der Waals surface area contributed by atoms with Gasteiger partial charge in [0.2, 0.25) is 0 Å². The molecule has 0 atom stereocenters. The molecule has 0 unspecified atom stereocenters. The highest BCUT2D eigenvalue weighted by atomic mass is 35.5. The summed E-state index contributed by atoms with van der Waals surface area (Å²) in [6, 6.07) is 7.95. The molecule has 0 radical (unpaired) electrons. The Morgan fingerprint density at radius 3 is 2.62 bits per heavy atom. The molecule has 0 aliphatic rings. The molecule has 2 aromatic carbocycles. The Bertz CT molecular complexity index is 1230. The number of fused-ring (bicyclic) bond motifs is 1. The Hall–Kier alpha value is -2.49. The molecule has 3 aromatic rings. The van der Waals surface area contributed by atoms with Gasteiger partial charge in [-0.25, -0.2) is 18.0 Å². The molecule has 0 amide bonds. The van der Waals surface area contributed by atoms with E-state index in [-0.39, 0.29) is 38.3 Å². The lowest BCUT2D eigenvalue weighted by molar-refractivity contribution is 0.145. The van der Waals surface area contributed by atoms with Gasteiger partial charge in [0, 0.05) is 6.07 Å². The first-order chi connectivity index (χ1) is 13.7. The molecule has 29 heavy (non-hydrogen) atoms. The Kier molecular flexibility index (Phi) is 6.21. The molecule has 154 valence electrons. The van der Waals surface area contributed by atoms with Crippen LogP contribution in [0.3, 0.4) is 0 Å². The summed E-state index contributed by atoms with van der Waals surface area (Å²) in [5.74, 6) is -0.964. The Morgan fingerprint density at radius 1 is 1.17 bits per heavy atom. The maximum Gasteiger partial charge on any atom is 0.429 e. The van der Waals surface area contributed by atoms with Gasteiger partial charge in [-0.3, -0.25) is 4.72 Å². The predicted octanol–water partition coefficient (Wildman–Crippen LogP) is 4.49. The zero-order chi connectivity index (χ0) is 21.2. The van der Waals surface area contributed by atoms with Crippen molar-refractivity contribution >= 4 is 56.1 Å². The minimum Gasteiger partial charge on any atom is -0.449 e. The van der Waals surface area contributed by atoms with Crippen molar-refractivity contribution in [1.29, 1.82) is 0 Å². The van der Waals surface area contributed by atoms with E-state index in [0.29, 0.717) is 11.0 Å². The lowest BCUT2D eigenvalue weighted by Gasteiger charge is -2.09. The van der Waals surface area contributed by atoms with Crippen LogP contribution in [0, 0.1) is 0 Å². The van der Waals surface area contributed by atoms with Crippen LogP contribution in [0.15, 0.2) is 50.5 Å². The van der Waals surface area contributed by atoms with Gasteiger partial charge < -0.3 is 9.15 Å². The van der Waals surface area contributed by atoms with Crippen LogP contribution >= 0.6 is 23.2 Å². The average molecular weight is 459 g/mol. The van der Waals surface area contributed by atoms with E-state index in [1.165, 1.54) is 30.3 Å². The van der Waals surface area contributed by atoms with Gasteiger partial charge in [0.05, 0.1) is 27.2 Å². The molecule has 1 N–H and O–H groups in total. The molecule has 1 heterocycles. The highest BCUT2D eigenvalue weighted by Crippen LogP contribution is 2.27. The lowest BCUT2D eigenvalue weighted by Crippen LogP contribution is -2.24. The normalized spacial score (nSPS) is 11.6. The van der Waals surface area contributed by atoms with Crippen molar-refractivity contribution < 1.29 is 22.4 Å². The number of rotatable bonds is 6. The Morgan fingerprint density at radius 2 is 1.93 bits per heavy atom. The van der Waals surface area contributed by atoms with E-state index in [0.717, 1.165) is 12.5 Å². The standard InChI is InChI=1S/C18H16Cl2N2O6S/c1-2-3-8-27-17(23)22-15-7-5-12(10-16(15)28-18(22)24)29(25,26)21-11-4-6-13(19)14(20)9-11/h4-7,9-10,21H,2-3,8H2,1H3. The van der Waals surface area contributed by atoms with E-state index in [9.17, 15) is 18.0 Å². The topological polar surface area (TPSA) is 108 Å². The third-order valence-corrected chi connectivity index (χ3v) is 6.06. The Balaban J connectivity index is 1.92. The summed E-state index contributed by atoms with van der Waals surface area (Å²) >= 11 is 11.7. The van der Waals surface area contributed by atoms with Gasteiger partial charge in [0.25, 0.3) is 10.0 Å². The highest BCUT2D eigenvalue weighted by Gasteiger charge is 2.21. The second-order valence-corrected chi connectivity index (χ2v) is 8.53.